The Morgan fingerprint density at radius 1 is 1.15 bits per heavy atom. The number of amides is 1. The van der Waals surface area contributed by atoms with Crippen LogP contribution in [0.25, 0.3) is 0 Å². The highest BCUT2D eigenvalue weighted by molar-refractivity contribution is 5.94. The number of halogens is 3. The molecule has 0 aliphatic heterocycles. The molecule has 0 saturated carbocycles. The summed E-state index contributed by atoms with van der Waals surface area (Å²) in [6.07, 6.45) is 2.93. The monoisotopic (exact) mass is 366 g/mol. The van der Waals surface area contributed by atoms with Crippen molar-refractivity contribution in [1.82, 2.24) is 9.88 Å². The van der Waals surface area contributed by atoms with Gasteiger partial charge in [-0.25, -0.2) is 13.2 Å². The Labute approximate surface area is 148 Å². The number of ether oxygens (including phenoxy) is 1. The van der Waals surface area contributed by atoms with E-state index in [9.17, 15) is 22.8 Å². The lowest BCUT2D eigenvalue weighted by molar-refractivity contribution is -0.143. The van der Waals surface area contributed by atoms with Crippen LogP contribution in [-0.2, 0) is 16.1 Å². The average molecular weight is 366 g/mol. The summed E-state index contributed by atoms with van der Waals surface area (Å²) in [5, 5.41) is 0. The van der Waals surface area contributed by atoms with Gasteiger partial charge in [0.1, 0.15) is 0 Å². The summed E-state index contributed by atoms with van der Waals surface area (Å²) in [7, 11) is 0. The molecular formula is C18H17F3N2O3. The smallest absolute Gasteiger partial charge is 0.307 e. The van der Waals surface area contributed by atoms with Crippen molar-refractivity contribution < 1.29 is 27.5 Å². The minimum Gasteiger partial charge on any atom is -0.466 e. The zero-order chi connectivity index (χ0) is 19.1. The van der Waals surface area contributed by atoms with Gasteiger partial charge in [0.2, 0.25) is 0 Å². The highest BCUT2D eigenvalue weighted by atomic mass is 19.2. The van der Waals surface area contributed by atoms with E-state index in [1.54, 1.807) is 25.3 Å². The zero-order valence-corrected chi connectivity index (χ0v) is 14.0. The molecule has 138 valence electrons. The molecule has 0 fully saturated rings. The minimum absolute atomic E-state index is 0.0184. The van der Waals surface area contributed by atoms with Gasteiger partial charge in [-0.3, -0.25) is 14.6 Å². The van der Waals surface area contributed by atoms with Crippen LogP contribution in [0, 0.1) is 17.5 Å². The maximum atomic E-state index is 14.0. The first-order valence-corrected chi connectivity index (χ1v) is 7.91. The fourth-order valence-electron chi connectivity index (χ4n) is 2.29. The molecule has 8 heteroatoms. The van der Waals surface area contributed by atoms with E-state index in [2.05, 4.69) is 4.98 Å². The molecule has 0 spiro atoms. The number of esters is 1. The Hall–Kier alpha value is -2.90. The lowest BCUT2D eigenvalue weighted by Gasteiger charge is -2.23. The van der Waals surface area contributed by atoms with E-state index in [0.717, 1.165) is 11.0 Å². The quantitative estimate of drug-likeness (QED) is 0.558. The molecule has 0 unspecified atom stereocenters. The summed E-state index contributed by atoms with van der Waals surface area (Å²) >= 11 is 0. The topological polar surface area (TPSA) is 59.5 Å². The zero-order valence-electron chi connectivity index (χ0n) is 14.0. The van der Waals surface area contributed by atoms with Gasteiger partial charge in [0, 0.05) is 25.5 Å². The van der Waals surface area contributed by atoms with E-state index < -0.39 is 34.9 Å². The van der Waals surface area contributed by atoms with E-state index in [1.165, 1.54) is 6.20 Å². The van der Waals surface area contributed by atoms with Crippen LogP contribution < -0.4 is 0 Å². The number of carbonyl (C=O) groups excluding carboxylic acids is 2. The second kappa shape index (κ2) is 8.98. The Morgan fingerprint density at radius 3 is 2.58 bits per heavy atom. The summed E-state index contributed by atoms with van der Waals surface area (Å²) in [5.41, 5.74) is 0.0179. The van der Waals surface area contributed by atoms with Crippen molar-refractivity contribution in [2.75, 3.05) is 13.2 Å². The van der Waals surface area contributed by atoms with Gasteiger partial charge in [-0.2, -0.15) is 0 Å². The van der Waals surface area contributed by atoms with Crippen LogP contribution in [0.5, 0.6) is 0 Å². The van der Waals surface area contributed by atoms with Gasteiger partial charge in [0.05, 0.1) is 18.6 Å². The molecule has 2 aromatic rings. The lowest BCUT2D eigenvalue weighted by Crippen LogP contribution is -2.33. The molecule has 0 bridgehead atoms. The standard InChI is InChI=1S/C18H17F3N2O3/c1-2-26-15(24)7-9-23(11-12-4-3-8-22-10-12)18(25)13-5-6-14(19)17(21)16(13)20/h3-6,8,10H,2,7,9,11H2,1H3. The van der Waals surface area contributed by atoms with Gasteiger partial charge >= 0.3 is 5.97 Å². The fraction of sp³-hybridized carbons (Fsp3) is 0.278. The molecule has 26 heavy (non-hydrogen) atoms. The second-order valence-electron chi connectivity index (χ2n) is 5.37. The van der Waals surface area contributed by atoms with Crippen molar-refractivity contribution in [2.24, 2.45) is 0 Å². The van der Waals surface area contributed by atoms with Crippen LogP contribution in [0.4, 0.5) is 13.2 Å². The molecule has 1 aromatic carbocycles. The molecule has 1 heterocycles. The van der Waals surface area contributed by atoms with Gasteiger partial charge in [0.15, 0.2) is 17.5 Å². The summed E-state index contributed by atoms with van der Waals surface area (Å²) in [4.78, 5) is 29.3. The van der Waals surface area contributed by atoms with Crippen molar-refractivity contribution >= 4 is 11.9 Å². The normalized spacial score (nSPS) is 10.5. The molecule has 0 aliphatic carbocycles. The van der Waals surface area contributed by atoms with E-state index >= 15 is 0 Å². The first kappa shape index (κ1) is 19.4. The molecule has 0 atom stereocenters. The Bertz CT molecular complexity index is 785. The van der Waals surface area contributed by atoms with Crippen molar-refractivity contribution in [3.05, 3.63) is 65.2 Å². The van der Waals surface area contributed by atoms with Gasteiger partial charge in [-0.15, -0.1) is 0 Å². The van der Waals surface area contributed by atoms with Crippen molar-refractivity contribution in [3.8, 4) is 0 Å². The van der Waals surface area contributed by atoms with Crippen LogP contribution in [0.15, 0.2) is 36.7 Å². The lowest BCUT2D eigenvalue weighted by atomic mass is 10.1. The van der Waals surface area contributed by atoms with Gasteiger partial charge in [-0.1, -0.05) is 6.07 Å². The molecule has 0 saturated heterocycles. The molecule has 0 N–H and O–H groups in total. The number of hydrogen-bond donors (Lipinski definition) is 0. The summed E-state index contributed by atoms with van der Waals surface area (Å²) < 4.78 is 45.3. The third-order valence-electron chi connectivity index (χ3n) is 3.54. The number of hydrogen-bond acceptors (Lipinski definition) is 4. The first-order valence-electron chi connectivity index (χ1n) is 7.91. The molecule has 0 aliphatic rings. The summed E-state index contributed by atoms with van der Waals surface area (Å²) in [6, 6.07) is 4.90. The second-order valence-corrected chi connectivity index (χ2v) is 5.37. The largest absolute Gasteiger partial charge is 0.466 e. The van der Waals surface area contributed by atoms with Crippen LogP contribution in [0.3, 0.4) is 0 Å². The highest BCUT2D eigenvalue weighted by Gasteiger charge is 2.24. The Morgan fingerprint density at radius 2 is 1.92 bits per heavy atom. The number of aromatic nitrogens is 1. The van der Waals surface area contributed by atoms with Gasteiger partial charge in [-0.05, 0) is 30.7 Å². The maximum absolute atomic E-state index is 14.0. The average Bonchev–Trinajstić information content (AvgIpc) is 2.64. The Balaban J connectivity index is 2.25. The summed E-state index contributed by atoms with van der Waals surface area (Å²) in [5.74, 6) is -6.06. The number of rotatable bonds is 7. The summed E-state index contributed by atoms with van der Waals surface area (Å²) in [6.45, 7) is 1.77. The highest BCUT2D eigenvalue weighted by Crippen LogP contribution is 2.18. The van der Waals surface area contributed by atoms with E-state index in [-0.39, 0.29) is 26.1 Å². The van der Waals surface area contributed by atoms with Crippen molar-refractivity contribution in [3.63, 3.8) is 0 Å². The Kier molecular flexibility index (Phi) is 6.71. The van der Waals surface area contributed by atoms with Crippen molar-refractivity contribution in [1.29, 1.82) is 0 Å². The maximum Gasteiger partial charge on any atom is 0.307 e. The third kappa shape index (κ3) is 4.81. The predicted octanol–water partition coefficient (Wildman–Crippen LogP) is 3.09. The van der Waals surface area contributed by atoms with Gasteiger partial charge < -0.3 is 9.64 Å². The van der Waals surface area contributed by atoms with Crippen LogP contribution >= 0.6 is 0 Å². The number of pyridine rings is 1. The van der Waals surface area contributed by atoms with Crippen molar-refractivity contribution in [2.45, 2.75) is 19.9 Å². The SMILES string of the molecule is CCOC(=O)CCN(Cc1cccnc1)C(=O)c1ccc(F)c(F)c1F. The number of nitrogens with zero attached hydrogens (tertiary/aromatic N) is 2. The molecule has 1 aromatic heterocycles. The molecule has 2 rings (SSSR count). The fourth-order valence-corrected chi connectivity index (χ4v) is 2.29. The predicted molar refractivity (Wildman–Crippen MR) is 86.5 cm³/mol. The third-order valence-corrected chi connectivity index (χ3v) is 3.54. The van der Waals surface area contributed by atoms with E-state index in [0.29, 0.717) is 11.6 Å². The number of carbonyl (C=O) groups is 2. The molecule has 5 nitrogen and oxygen atoms in total. The first-order chi connectivity index (χ1) is 12.4. The molecule has 0 radical (unpaired) electrons. The van der Waals surface area contributed by atoms with Crippen LogP contribution in [0.1, 0.15) is 29.3 Å². The van der Waals surface area contributed by atoms with E-state index in [4.69, 9.17) is 4.74 Å². The number of benzene rings is 1. The van der Waals surface area contributed by atoms with Gasteiger partial charge in [0.25, 0.3) is 5.91 Å². The molecular weight excluding hydrogens is 349 g/mol. The van der Waals surface area contributed by atoms with E-state index in [1.807, 2.05) is 0 Å². The minimum atomic E-state index is -1.72. The van der Waals surface area contributed by atoms with Crippen LogP contribution in [-0.4, -0.2) is 34.9 Å². The van der Waals surface area contributed by atoms with Crippen LogP contribution in [0.2, 0.25) is 0 Å². The molecule has 1 amide bonds.